The smallest absolute Gasteiger partial charge is 0.264 e. The number of aromatic nitrogens is 1. The summed E-state index contributed by atoms with van der Waals surface area (Å²) in [5.41, 5.74) is 1.12. The van der Waals surface area contributed by atoms with Crippen LogP contribution < -0.4 is 14.4 Å². The SMILES string of the molecule is O=C(c1cccnc1Oc1cccc(Cl)c1)N1CCOc2ccccc21. The molecule has 26 heavy (non-hydrogen) atoms. The first kappa shape index (κ1) is 16.4. The van der Waals surface area contributed by atoms with Gasteiger partial charge in [0, 0.05) is 11.2 Å². The molecule has 2 heterocycles. The van der Waals surface area contributed by atoms with Gasteiger partial charge in [-0.15, -0.1) is 0 Å². The number of rotatable bonds is 3. The minimum absolute atomic E-state index is 0.189. The Bertz CT molecular complexity index is 961. The number of halogens is 1. The lowest BCUT2D eigenvalue weighted by Crippen LogP contribution is -2.38. The van der Waals surface area contributed by atoms with Crippen molar-refractivity contribution < 1.29 is 14.3 Å². The number of amides is 1. The molecule has 1 amide bonds. The van der Waals surface area contributed by atoms with E-state index in [4.69, 9.17) is 21.1 Å². The van der Waals surface area contributed by atoms with Crippen LogP contribution in [0.25, 0.3) is 0 Å². The maximum atomic E-state index is 13.2. The quantitative estimate of drug-likeness (QED) is 0.681. The normalized spacial score (nSPS) is 12.9. The number of anilines is 1. The summed E-state index contributed by atoms with van der Waals surface area (Å²) >= 11 is 6.00. The van der Waals surface area contributed by atoms with Crippen LogP contribution in [0.2, 0.25) is 5.02 Å². The Morgan fingerprint density at radius 2 is 2.00 bits per heavy atom. The molecule has 1 aliphatic heterocycles. The summed E-state index contributed by atoms with van der Waals surface area (Å²) in [5, 5.41) is 0.549. The predicted molar refractivity (Wildman–Crippen MR) is 99.4 cm³/mol. The van der Waals surface area contributed by atoms with E-state index in [9.17, 15) is 4.79 Å². The molecule has 0 unspecified atom stereocenters. The fourth-order valence-corrected chi connectivity index (χ4v) is 2.98. The van der Waals surface area contributed by atoms with Crippen LogP contribution in [0.3, 0.4) is 0 Å². The highest BCUT2D eigenvalue weighted by Crippen LogP contribution is 2.33. The molecule has 5 nitrogen and oxygen atoms in total. The van der Waals surface area contributed by atoms with Crippen molar-refractivity contribution >= 4 is 23.2 Å². The number of carbonyl (C=O) groups excluding carboxylic acids is 1. The molecule has 4 rings (SSSR count). The van der Waals surface area contributed by atoms with E-state index in [0.29, 0.717) is 35.2 Å². The van der Waals surface area contributed by atoms with Crippen LogP contribution >= 0.6 is 11.6 Å². The van der Waals surface area contributed by atoms with Gasteiger partial charge in [-0.1, -0.05) is 29.8 Å². The number of para-hydroxylation sites is 2. The molecule has 0 saturated carbocycles. The molecule has 0 saturated heterocycles. The van der Waals surface area contributed by atoms with Gasteiger partial charge in [0.05, 0.1) is 12.2 Å². The average Bonchev–Trinajstić information content (AvgIpc) is 2.67. The van der Waals surface area contributed by atoms with Gasteiger partial charge in [0.1, 0.15) is 23.7 Å². The molecule has 0 N–H and O–H groups in total. The zero-order valence-electron chi connectivity index (χ0n) is 13.8. The first-order chi connectivity index (χ1) is 12.7. The summed E-state index contributed by atoms with van der Waals surface area (Å²) in [6.07, 6.45) is 1.59. The van der Waals surface area contributed by atoms with E-state index >= 15 is 0 Å². The Morgan fingerprint density at radius 3 is 2.88 bits per heavy atom. The molecule has 130 valence electrons. The fraction of sp³-hybridized carbons (Fsp3) is 0.100. The number of pyridine rings is 1. The zero-order chi connectivity index (χ0) is 17.9. The molecule has 6 heteroatoms. The highest BCUT2D eigenvalue weighted by Gasteiger charge is 2.27. The summed E-state index contributed by atoms with van der Waals surface area (Å²) in [6.45, 7) is 0.898. The second-order valence-electron chi connectivity index (χ2n) is 5.69. The van der Waals surface area contributed by atoms with Gasteiger partial charge in [-0.25, -0.2) is 4.98 Å². The molecule has 0 bridgehead atoms. The van der Waals surface area contributed by atoms with E-state index in [2.05, 4.69) is 4.98 Å². The van der Waals surface area contributed by atoms with Crippen molar-refractivity contribution in [2.24, 2.45) is 0 Å². The maximum absolute atomic E-state index is 13.2. The summed E-state index contributed by atoms with van der Waals surface area (Å²) in [5.74, 6) is 1.26. The third kappa shape index (κ3) is 3.21. The van der Waals surface area contributed by atoms with Crippen molar-refractivity contribution in [1.82, 2.24) is 4.98 Å². The first-order valence-electron chi connectivity index (χ1n) is 8.14. The van der Waals surface area contributed by atoms with Gasteiger partial charge in [-0.2, -0.15) is 0 Å². The van der Waals surface area contributed by atoms with E-state index in [1.165, 1.54) is 0 Å². The Hall–Kier alpha value is -3.05. The summed E-state index contributed by atoms with van der Waals surface area (Å²) in [4.78, 5) is 19.1. The summed E-state index contributed by atoms with van der Waals surface area (Å²) in [6, 6.07) is 17.8. The van der Waals surface area contributed by atoms with Crippen LogP contribution in [0.4, 0.5) is 5.69 Å². The highest BCUT2D eigenvalue weighted by atomic mass is 35.5. The van der Waals surface area contributed by atoms with Gasteiger partial charge in [-0.3, -0.25) is 4.79 Å². The third-order valence-corrected chi connectivity index (χ3v) is 4.22. The monoisotopic (exact) mass is 366 g/mol. The molecule has 0 radical (unpaired) electrons. The zero-order valence-corrected chi connectivity index (χ0v) is 14.5. The topological polar surface area (TPSA) is 51.7 Å². The molecule has 0 fully saturated rings. The van der Waals surface area contributed by atoms with Crippen LogP contribution in [0.1, 0.15) is 10.4 Å². The van der Waals surface area contributed by atoms with Crippen molar-refractivity contribution in [2.45, 2.75) is 0 Å². The molecule has 1 aromatic heterocycles. The van der Waals surface area contributed by atoms with Crippen molar-refractivity contribution in [3.8, 4) is 17.4 Å². The van der Waals surface area contributed by atoms with Crippen molar-refractivity contribution in [3.63, 3.8) is 0 Å². The van der Waals surface area contributed by atoms with Gasteiger partial charge in [0.2, 0.25) is 5.88 Å². The van der Waals surface area contributed by atoms with Gasteiger partial charge >= 0.3 is 0 Å². The lowest BCUT2D eigenvalue weighted by molar-refractivity contribution is 0.0973. The largest absolute Gasteiger partial charge is 0.490 e. The van der Waals surface area contributed by atoms with E-state index in [0.717, 1.165) is 5.69 Å². The van der Waals surface area contributed by atoms with Crippen LogP contribution in [0.15, 0.2) is 66.9 Å². The van der Waals surface area contributed by atoms with Gasteiger partial charge in [0.25, 0.3) is 5.91 Å². The number of hydrogen-bond acceptors (Lipinski definition) is 4. The van der Waals surface area contributed by atoms with Crippen molar-refractivity contribution in [3.05, 3.63) is 77.4 Å². The molecule has 3 aromatic rings. The minimum Gasteiger partial charge on any atom is -0.490 e. The second kappa shape index (κ2) is 7.06. The van der Waals surface area contributed by atoms with Crippen LogP contribution in [0.5, 0.6) is 17.4 Å². The van der Waals surface area contributed by atoms with Gasteiger partial charge < -0.3 is 14.4 Å². The van der Waals surface area contributed by atoms with Crippen LogP contribution in [0, 0.1) is 0 Å². The van der Waals surface area contributed by atoms with E-state index in [1.807, 2.05) is 24.3 Å². The summed E-state index contributed by atoms with van der Waals surface area (Å²) < 4.78 is 11.4. The number of carbonyl (C=O) groups is 1. The van der Waals surface area contributed by atoms with Crippen LogP contribution in [-0.4, -0.2) is 24.0 Å². The van der Waals surface area contributed by atoms with E-state index in [-0.39, 0.29) is 11.8 Å². The van der Waals surface area contributed by atoms with Crippen molar-refractivity contribution in [1.29, 1.82) is 0 Å². The molecule has 2 aromatic carbocycles. The van der Waals surface area contributed by atoms with Gasteiger partial charge in [-0.05, 0) is 42.5 Å². The number of nitrogens with zero attached hydrogens (tertiary/aromatic N) is 2. The lowest BCUT2D eigenvalue weighted by atomic mass is 10.2. The number of fused-ring (bicyclic) bond motifs is 1. The fourth-order valence-electron chi connectivity index (χ4n) is 2.80. The minimum atomic E-state index is -0.189. The average molecular weight is 367 g/mol. The highest BCUT2D eigenvalue weighted by molar-refractivity contribution is 6.30. The standard InChI is InChI=1S/C20H15ClN2O3/c21-14-5-3-6-15(13-14)26-19-16(7-4-10-22-19)20(24)23-11-12-25-18-9-2-1-8-17(18)23/h1-10,13H,11-12H2. The Morgan fingerprint density at radius 1 is 1.12 bits per heavy atom. The Labute approximate surface area is 155 Å². The maximum Gasteiger partial charge on any atom is 0.264 e. The summed E-state index contributed by atoms with van der Waals surface area (Å²) in [7, 11) is 0. The third-order valence-electron chi connectivity index (χ3n) is 3.99. The van der Waals surface area contributed by atoms with Crippen molar-refractivity contribution in [2.75, 3.05) is 18.1 Å². The van der Waals surface area contributed by atoms with Crippen LogP contribution in [-0.2, 0) is 0 Å². The number of ether oxygens (including phenoxy) is 2. The van der Waals surface area contributed by atoms with E-state index < -0.39 is 0 Å². The molecular weight excluding hydrogens is 352 g/mol. The molecule has 1 aliphatic rings. The molecular formula is C20H15ClN2O3. The Kier molecular flexibility index (Phi) is 4.46. The predicted octanol–water partition coefficient (Wildman–Crippen LogP) is 4.57. The van der Waals surface area contributed by atoms with E-state index in [1.54, 1.807) is 47.5 Å². The molecule has 0 spiro atoms. The molecule has 0 atom stereocenters. The second-order valence-corrected chi connectivity index (χ2v) is 6.12. The number of hydrogen-bond donors (Lipinski definition) is 0. The number of benzene rings is 2. The Balaban J connectivity index is 1.68. The lowest BCUT2D eigenvalue weighted by Gasteiger charge is -2.29. The molecule has 0 aliphatic carbocycles. The first-order valence-corrected chi connectivity index (χ1v) is 8.52. The van der Waals surface area contributed by atoms with Gasteiger partial charge in [0.15, 0.2) is 0 Å².